The largest absolute Gasteiger partial charge is 0.396 e. The molecule has 0 heterocycles. The molecule has 0 unspecified atom stereocenters. The van der Waals surface area contributed by atoms with E-state index in [1.54, 1.807) is 0 Å². The van der Waals surface area contributed by atoms with Crippen LogP contribution in [0.5, 0.6) is 0 Å². The highest BCUT2D eigenvalue weighted by molar-refractivity contribution is 5.04. The van der Waals surface area contributed by atoms with Gasteiger partial charge in [-0.2, -0.15) is 0 Å². The highest BCUT2D eigenvalue weighted by Crippen LogP contribution is 2.63. The molecular formula is C18H30O2. The average molecular weight is 278 g/mol. The van der Waals surface area contributed by atoms with Crippen LogP contribution >= 0.6 is 0 Å². The minimum absolute atomic E-state index is 0.393. The maximum absolute atomic E-state index is 9.30. The topological polar surface area (TPSA) is 40.5 Å². The molecule has 4 bridgehead atoms. The van der Waals surface area contributed by atoms with E-state index in [0.717, 1.165) is 60.2 Å². The van der Waals surface area contributed by atoms with Crippen LogP contribution in [0.3, 0.4) is 0 Å². The number of hydrogen-bond acceptors (Lipinski definition) is 2. The van der Waals surface area contributed by atoms with Crippen molar-refractivity contribution in [2.75, 3.05) is 13.2 Å². The molecule has 20 heavy (non-hydrogen) atoms. The first-order chi connectivity index (χ1) is 9.80. The number of fused-ring (bicyclic) bond motifs is 4. The van der Waals surface area contributed by atoms with E-state index in [-0.39, 0.29) is 0 Å². The SMILES string of the molecule is OCC[C@H]1C[C@@H]2C[C@H]([C@@H]3C[C@H]4C[C@@H](CCO)[C@H]3C4)[C@@H]1C2. The van der Waals surface area contributed by atoms with Gasteiger partial charge in [-0.25, -0.2) is 0 Å². The molecule has 0 aromatic carbocycles. The van der Waals surface area contributed by atoms with Gasteiger partial charge in [0.1, 0.15) is 0 Å². The Balaban J connectivity index is 1.46. The van der Waals surface area contributed by atoms with Crippen LogP contribution in [0.4, 0.5) is 0 Å². The van der Waals surface area contributed by atoms with Gasteiger partial charge in [-0.05, 0) is 98.7 Å². The van der Waals surface area contributed by atoms with Crippen molar-refractivity contribution in [1.29, 1.82) is 0 Å². The van der Waals surface area contributed by atoms with Gasteiger partial charge in [0.05, 0.1) is 0 Å². The van der Waals surface area contributed by atoms with Crippen molar-refractivity contribution < 1.29 is 10.2 Å². The van der Waals surface area contributed by atoms with Gasteiger partial charge in [0, 0.05) is 13.2 Å². The summed E-state index contributed by atoms with van der Waals surface area (Å²) in [7, 11) is 0. The standard InChI is InChI=1S/C18H30O2/c19-3-1-13-5-11-7-15(13)17(9-11)18-10-12-6-14(2-4-20)16(18)8-12/h11-20H,1-10H2/t11-,12-,13-,14+,15+,16+,17-,18+/m0/s1. The Kier molecular flexibility index (Phi) is 3.58. The molecule has 0 radical (unpaired) electrons. The average Bonchev–Trinajstić information content (AvgIpc) is 3.17. The number of rotatable bonds is 5. The van der Waals surface area contributed by atoms with E-state index >= 15 is 0 Å². The fourth-order valence-corrected chi connectivity index (χ4v) is 7.09. The van der Waals surface area contributed by atoms with E-state index in [1.807, 2.05) is 0 Å². The number of hydrogen-bond donors (Lipinski definition) is 2. The third kappa shape index (κ3) is 2.06. The molecule has 4 fully saturated rings. The van der Waals surface area contributed by atoms with Gasteiger partial charge in [0.15, 0.2) is 0 Å². The fourth-order valence-electron chi connectivity index (χ4n) is 7.09. The molecule has 2 N–H and O–H groups in total. The highest BCUT2D eigenvalue weighted by Gasteiger charge is 2.54. The van der Waals surface area contributed by atoms with Gasteiger partial charge in [-0.3, -0.25) is 0 Å². The lowest BCUT2D eigenvalue weighted by molar-refractivity contribution is 0.0799. The van der Waals surface area contributed by atoms with Gasteiger partial charge in [-0.1, -0.05) is 0 Å². The quantitative estimate of drug-likeness (QED) is 0.811. The van der Waals surface area contributed by atoms with Crippen molar-refractivity contribution >= 4 is 0 Å². The Labute approximate surface area is 123 Å². The second kappa shape index (κ2) is 5.28. The van der Waals surface area contributed by atoms with Crippen LogP contribution in [0, 0.1) is 47.3 Å². The Morgan fingerprint density at radius 2 is 0.950 bits per heavy atom. The third-order valence-electron chi connectivity index (χ3n) is 7.55. The van der Waals surface area contributed by atoms with Crippen LogP contribution in [0.25, 0.3) is 0 Å². The first kappa shape index (κ1) is 13.6. The van der Waals surface area contributed by atoms with E-state index in [0.29, 0.717) is 13.2 Å². The van der Waals surface area contributed by atoms with E-state index in [2.05, 4.69) is 0 Å². The van der Waals surface area contributed by atoms with E-state index < -0.39 is 0 Å². The third-order valence-corrected chi connectivity index (χ3v) is 7.55. The Morgan fingerprint density at radius 1 is 0.550 bits per heavy atom. The summed E-state index contributed by atoms with van der Waals surface area (Å²) < 4.78 is 0. The number of aliphatic hydroxyl groups is 2. The minimum atomic E-state index is 0.393. The Morgan fingerprint density at radius 3 is 1.30 bits per heavy atom. The maximum atomic E-state index is 9.30. The summed E-state index contributed by atoms with van der Waals surface area (Å²) in [5, 5.41) is 18.6. The van der Waals surface area contributed by atoms with Crippen molar-refractivity contribution in [3.05, 3.63) is 0 Å². The predicted molar refractivity (Wildman–Crippen MR) is 79.0 cm³/mol. The van der Waals surface area contributed by atoms with Gasteiger partial charge < -0.3 is 10.2 Å². The predicted octanol–water partition coefficient (Wildman–Crippen LogP) is 3.08. The highest BCUT2D eigenvalue weighted by atomic mass is 16.3. The lowest BCUT2D eigenvalue weighted by Gasteiger charge is -2.39. The molecular weight excluding hydrogens is 248 g/mol. The molecule has 4 rings (SSSR count). The zero-order valence-electron chi connectivity index (χ0n) is 12.6. The molecule has 2 nitrogen and oxygen atoms in total. The van der Waals surface area contributed by atoms with Gasteiger partial charge in [0.2, 0.25) is 0 Å². The lowest BCUT2D eigenvalue weighted by atomic mass is 9.66. The Hall–Kier alpha value is -0.0800. The second-order valence-corrected chi connectivity index (χ2v) is 8.35. The number of aliphatic hydroxyl groups excluding tert-OH is 2. The smallest absolute Gasteiger partial charge is 0.0433 e. The zero-order chi connectivity index (χ0) is 13.7. The lowest BCUT2D eigenvalue weighted by Crippen LogP contribution is -2.33. The Bertz CT molecular complexity index is 321. The first-order valence-electron chi connectivity index (χ1n) is 9.01. The van der Waals surface area contributed by atoms with Crippen molar-refractivity contribution in [2.45, 2.75) is 51.4 Å². The fraction of sp³-hybridized carbons (Fsp3) is 1.00. The molecule has 114 valence electrons. The van der Waals surface area contributed by atoms with Crippen LogP contribution in [-0.2, 0) is 0 Å². The zero-order valence-corrected chi connectivity index (χ0v) is 12.6. The maximum Gasteiger partial charge on any atom is 0.0433 e. The second-order valence-electron chi connectivity index (χ2n) is 8.35. The molecule has 0 saturated heterocycles. The molecule has 2 heteroatoms. The first-order valence-corrected chi connectivity index (χ1v) is 9.01. The monoisotopic (exact) mass is 278 g/mol. The van der Waals surface area contributed by atoms with Crippen LogP contribution in [0.1, 0.15) is 51.4 Å². The molecule has 4 aliphatic carbocycles. The summed E-state index contributed by atoms with van der Waals surface area (Å²) in [6.07, 6.45) is 10.8. The van der Waals surface area contributed by atoms with Crippen LogP contribution in [0.2, 0.25) is 0 Å². The molecule has 4 saturated carbocycles. The molecule has 0 aromatic rings. The van der Waals surface area contributed by atoms with Crippen molar-refractivity contribution in [3.8, 4) is 0 Å². The molecule has 0 aliphatic heterocycles. The van der Waals surface area contributed by atoms with Crippen molar-refractivity contribution in [3.63, 3.8) is 0 Å². The van der Waals surface area contributed by atoms with E-state index in [9.17, 15) is 10.2 Å². The van der Waals surface area contributed by atoms with Gasteiger partial charge in [0.25, 0.3) is 0 Å². The summed E-state index contributed by atoms with van der Waals surface area (Å²) >= 11 is 0. The van der Waals surface area contributed by atoms with E-state index in [4.69, 9.17) is 0 Å². The summed E-state index contributed by atoms with van der Waals surface area (Å²) in [5.41, 5.74) is 0. The molecule has 8 atom stereocenters. The summed E-state index contributed by atoms with van der Waals surface area (Å²) in [4.78, 5) is 0. The van der Waals surface area contributed by atoms with Gasteiger partial charge >= 0.3 is 0 Å². The normalized spacial score (nSPS) is 53.1. The van der Waals surface area contributed by atoms with Crippen LogP contribution in [0.15, 0.2) is 0 Å². The summed E-state index contributed by atoms with van der Waals surface area (Å²) in [5.74, 6) is 7.45. The van der Waals surface area contributed by atoms with Crippen molar-refractivity contribution in [2.24, 2.45) is 47.3 Å². The molecule has 0 aromatic heterocycles. The van der Waals surface area contributed by atoms with Crippen LogP contribution in [-0.4, -0.2) is 23.4 Å². The van der Waals surface area contributed by atoms with Crippen molar-refractivity contribution in [1.82, 2.24) is 0 Å². The van der Waals surface area contributed by atoms with Crippen LogP contribution < -0.4 is 0 Å². The van der Waals surface area contributed by atoms with E-state index in [1.165, 1.54) is 38.5 Å². The molecule has 0 amide bonds. The molecule has 0 spiro atoms. The minimum Gasteiger partial charge on any atom is -0.396 e. The molecule has 4 aliphatic rings. The summed E-state index contributed by atoms with van der Waals surface area (Å²) in [6, 6.07) is 0. The van der Waals surface area contributed by atoms with Gasteiger partial charge in [-0.15, -0.1) is 0 Å². The summed E-state index contributed by atoms with van der Waals surface area (Å²) in [6.45, 7) is 0.787.